The summed E-state index contributed by atoms with van der Waals surface area (Å²) >= 11 is 0. The molecule has 0 fully saturated rings. The van der Waals surface area contributed by atoms with E-state index in [0.717, 1.165) is 0 Å². The van der Waals surface area contributed by atoms with Crippen molar-refractivity contribution in [3.8, 4) is 106 Å². The van der Waals surface area contributed by atoms with Crippen LogP contribution in [0.25, 0.3) is 188 Å². The van der Waals surface area contributed by atoms with Crippen molar-refractivity contribution in [1.82, 2.24) is 13.4 Å². The van der Waals surface area contributed by atoms with Crippen molar-refractivity contribution in [3.63, 3.8) is 0 Å². The lowest BCUT2D eigenvalue weighted by atomic mass is 9.41. The second kappa shape index (κ2) is 22.0. The van der Waals surface area contributed by atoms with Gasteiger partial charge in [0.1, 0.15) is 0 Å². The molecule has 0 atom stereocenters. The number of hydrogen-bond acceptors (Lipinski definition) is 3. The Bertz CT molecular complexity index is 8040. The summed E-state index contributed by atoms with van der Waals surface area (Å²) in [6, 6.07) is 138. The largest absolute Gasteiger partial charge is 0.376 e. The molecule has 18 aromatic carbocycles. The van der Waals surface area contributed by atoms with Crippen molar-refractivity contribution < 1.29 is 0 Å². The molecule has 13 heterocycles. The Balaban J connectivity index is 0.0000000899. The topological polar surface area (TPSA) is 24.0 Å². The minimum Gasteiger partial charge on any atom is -0.376 e. The summed E-state index contributed by atoms with van der Waals surface area (Å²) in [5.41, 5.74) is 52.0. The molecule has 0 aliphatic carbocycles. The molecular formula is C108H61B3N6. The fraction of sp³-hybridized carbons (Fsp3) is 0. The average Bonchev–Trinajstić information content (AvgIpc) is 1.48. The zero-order chi connectivity index (χ0) is 75.5. The first-order chi connectivity index (χ1) is 58.1. The number of anilines is 7. The average molecular weight is 1480 g/mol. The predicted molar refractivity (Wildman–Crippen MR) is 493 cm³/mol. The Morgan fingerprint density at radius 3 is 1.03 bits per heavy atom. The smallest absolute Gasteiger partial charge is 0.333 e. The normalized spacial score (nSPS) is 13.7. The van der Waals surface area contributed by atoms with Crippen molar-refractivity contribution in [3.05, 3.63) is 370 Å². The summed E-state index contributed by atoms with van der Waals surface area (Å²) in [6.45, 7) is 0.482. The predicted octanol–water partition coefficient (Wildman–Crippen LogP) is 23.3. The van der Waals surface area contributed by atoms with E-state index in [2.05, 4.69) is 398 Å². The minimum absolute atomic E-state index is 0.144. The molecular weight excluding hydrogens is 1410 g/mol. The van der Waals surface area contributed by atoms with Crippen LogP contribution < -0.4 is 47.3 Å². The van der Waals surface area contributed by atoms with Gasteiger partial charge in [-0.25, -0.2) is 0 Å². The fourth-order valence-electron chi connectivity index (χ4n) is 23.4. The maximum absolute atomic E-state index is 2.66. The molecule has 31 rings (SSSR count). The standard InChI is InChI=1S/C36H19BN2.2C36H21BN2/c1-2-8-20(9-3-1)21-18-28-26-16-14-24-22-10-4-6-12-30(22)39-31-13-7-5-11-23(31)25-15-17-27-29(19-21)34(28)38-35(26)32(24)37(39)33(25)36(27)38;1-2-8-22(9-3-1)23-18-20-24(21-19-23)38-31-16-6-10-25-27-12-4-14-29-30-15-5-13-28-26-11-7-17-32(38)34(26)37(33(25)31)39(35(27)29)36(28)30;1-2-9-22(10-3-1)23-17-20-30-29(21-23)28-19-18-27-25-12-5-7-15-32(25)39-31-14-6-4-11-24(31)26-13-8-16-33-34(26)37(39)35(27)36(28)38(30)33/h1-19H;2*1-21H. The monoisotopic (exact) mass is 1470 g/mol. The van der Waals surface area contributed by atoms with E-state index < -0.39 is 0 Å². The van der Waals surface area contributed by atoms with Crippen LogP contribution in [0, 0.1) is 0 Å². The van der Waals surface area contributed by atoms with Crippen LogP contribution in [0.5, 0.6) is 0 Å². The lowest BCUT2D eigenvalue weighted by Gasteiger charge is -2.46. The van der Waals surface area contributed by atoms with Crippen LogP contribution in [0.2, 0.25) is 0 Å². The Kier molecular flexibility index (Phi) is 11.6. The third-order valence-corrected chi connectivity index (χ3v) is 27.8. The first-order valence-electron chi connectivity index (χ1n) is 41.1. The molecule has 0 saturated heterocycles. The van der Waals surface area contributed by atoms with Crippen LogP contribution >= 0.6 is 0 Å². The quantitative estimate of drug-likeness (QED) is 0.164. The van der Waals surface area contributed by atoms with Gasteiger partial charge >= 0.3 is 20.5 Å². The van der Waals surface area contributed by atoms with Crippen LogP contribution in [-0.4, -0.2) is 34.0 Å². The van der Waals surface area contributed by atoms with Crippen molar-refractivity contribution in [2.45, 2.75) is 0 Å². The van der Waals surface area contributed by atoms with Crippen molar-refractivity contribution in [2.75, 3.05) is 14.5 Å². The van der Waals surface area contributed by atoms with E-state index in [4.69, 9.17) is 0 Å². The van der Waals surface area contributed by atoms with Crippen LogP contribution in [-0.2, 0) is 0 Å². The number of rotatable bonds is 4. The molecule has 0 bridgehead atoms. The summed E-state index contributed by atoms with van der Waals surface area (Å²) in [5.74, 6) is 0. The first kappa shape index (κ1) is 61.5. The summed E-state index contributed by atoms with van der Waals surface area (Å²) in [7, 11) is 0. The molecule has 4 aromatic heterocycles. The number of aromatic nitrogens is 3. The Labute approximate surface area is 674 Å². The van der Waals surface area contributed by atoms with Crippen LogP contribution in [0.1, 0.15) is 0 Å². The lowest BCUT2D eigenvalue weighted by Crippen LogP contribution is -2.62. The SMILES string of the molecule is c1ccc(-c2cc3c4ccc5c6c4n4c7c8c(ccc7c(c2)c34)-c2ccccc2N(B68)c2ccccc2-5)cc1.c1ccc(-c2ccc(N3c4cccc5c4B4c6c(cccc63)-c3cccc6c7cccc-5c7n4c36)cc2)cc1.c1ccc(-c2ccc3c(c2)c2ccc4c5c2n3-c2cccc3c2B5N(c2ccccc2-3)c2ccccc2-4)cc1. The zero-order valence-electron chi connectivity index (χ0n) is 63.1. The van der Waals surface area contributed by atoms with E-state index >= 15 is 0 Å². The molecule has 0 amide bonds. The third-order valence-electron chi connectivity index (χ3n) is 27.8. The summed E-state index contributed by atoms with van der Waals surface area (Å²) in [6.07, 6.45) is 0. The van der Waals surface area contributed by atoms with Crippen LogP contribution in [0.15, 0.2) is 370 Å². The third kappa shape index (κ3) is 7.59. The molecule has 0 spiro atoms. The molecule has 0 N–H and O–H groups in total. The highest BCUT2D eigenvalue weighted by Crippen LogP contribution is 2.56. The lowest BCUT2D eigenvalue weighted by molar-refractivity contribution is 1.18. The van der Waals surface area contributed by atoms with Gasteiger partial charge in [-0.2, -0.15) is 0 Å². The second-order valence-corrected chi connectivity index (χ2v) is 33.1. The van der Waals surface area contributed by atoms with Gasteiger partial charge in [0.15, 0.2) is 0 Å². The van der Waals surface area contributed by atoms with E-state index in [-0.39, 0.29) is 20.5 Å². The molecule has 0 radical (unpaired) electrons. The van der Waals surface area contributed by atoms with Crippen LogP contribution in [0.3, 0.4) is 0 Å². The van der Waals surface area contributed by atoms with E-state index in [1.807, 2.05) is 0 Å². The molecule has 22 aromatic rings. The first-order valence-corrected chi connectivity index (χ1v) is 41.1. The maximum atomic E-state index is 2.66. The molecule has 117 heavy (non-hydrogen) atoms. The Morgan fingerprint density at radius 2 is 0.521 bits per heavy atom. The Hall–Kier alpha value is -15.0. The number of benzene rings is 18. The Morgan fingerprint density at radius 1 is 0.179 bits per heavy atom. The highest BCUT2D eigenvalue weighted by atomic mass is 15.2. The molecule has 9 aliphatic heterocycles. The van der Waals surface area contributed by atoms with E-state index in [1.165, 1.54) is 260 Å². The van der Waals surface area contributed by atoms with Gasteiger partial charge in [-0.15, -0.1) is 0 Å². The molecule has 9 heteroatoms. The maximum Gasteiger partial charge on any atom is 0.333 e. The van der Waals surface area contributed by atoms with E-state index in [9.17, 15) is 0 Å². The molecule has 0 saturated carbocycles. The second-order valence-electron chi connectivity index (χ2n) is 33.1. The minimum atomic E-state index is 0.144. The summed E-state index contributed by atoms with van der Waals surface area (Å²) in [5, 5.41) is 10.8. The van der Waals surface area contributed by atoms with Crippen molar-refractivity contribution in [2.24, 2.45) is 0 Å². The van der Waals surface area contributed by atoms with Gasteiger partial charge in [-0.05, 0) is 178 Å². The van der Waals surface area contributed by atoms with Gasteiger partial charge in [-0.1, -0.05) is 291 Å². The van der Waals surface area contributed by atoms with E-state index in [0.29, 0.717) is 0 Å². The van der Waals surface area contributed by atoms with Gasteiger partial charge in [0.2, 0.25) is 0 Å². The van der Waals surface area contributed by atoms with Gasteiger partial charge in [0.25, 0.3) is 0 Å². The molecule has 6 nitrogen and oxygen atoms in total. The van der Waals surface area contributed by atoms with Crippen molar-refractivity contribution >= 4 is 175 Å². The molecule has 532 valence electrons. The van der Waals surface area contributed by atoms with E-state index in [1.54, 1.807) is 0 Å². The number of para-hydroxylation sites is 6. The number of hydrogen-bond donors (Lipinski definition) is 0. The number of fused-ring (bicyclic) bond motifs is 21. The van der Waals surface area contributed by atoms with Gasteiger partial charge in [-0.3, -0.25) is 0 Å². The summed E-state index contributed by atoms with van der Waals surface area (Å²) < 4.78 is 7.83. The highest BCUT2D eigenvalue weighted by molar-refractivity contribution is 6.97. The van der Waals surface area contributed by atoms with Gasteiger partial charge < -0.3 is 28.0 Å². The summed E-state index contributed by atoms with van der Waals surface area (Å²) in [4.78, 5) is 7.72. The van der Waals surface area contributed by atoms with Gasteiger partial charge in [0, 0.05) is 133 Å². The fourth-order valence-corrected chi connectivity index (χ4v) is 23.4. The van der Waals surface area contributed by atoms with Crippen LogP contribution in [0.4, 0.5) is 39.8 Å². The number of nitrogens with zero attached hydrogens (tertiary/aromatic N) is 6. The molecule has 9 aliphatic rings. The molecule has 0 unspecified atom stereocenters. The van der Waals surface area contributed by atoms with Gasteiger partial charge in [0.05, 0.1) is 27.6 Å². The highest BCUT2D eigenvalue weighted by Gasteiger charge is 2.51. The van der Waals surface area contributed by atoms with Crippen molar-refractivity contribution in [1.29, 1.82) is 0 Å². The zero-order valence-corrected chi connectivity index (χ0v) is 63.1.